The Labute approximate surface area is 236 Å². The van der Waals surface area contributed by atoms with Gasteiger partial charge in [-0.25, -0.2) is 9.59 Å². The summed E-state index contributed by atoms with van der Waals surface area (Å²) in [5.74, 6) is -2.05. The van der Waals surface area contributed by atoms with Gasteiger partial charge < -0.3 is 30.6 Å². The number of hydrogen-bond acceptors (Lipinski definition) is 8. The standard InChI is InChI=1S/C24H18Cl4N4O6/c1-35-19-15(27)9-7-13(25)17(19)23(33)37-31-21(29)11-3-5-12(6-4-11)22(30)32-38-24(34)18-14(26)8-10-16(28)20(18)36-2/h3-10H,1-2H3,(H2,29,31)(H2,30,32). The van der Waals surface area contributed by atoms with Gasteiger partial charge in [-0.05, 0) is 24.3 Å². The van der Waals surface area contributed by atoms with Crippen LogP contribution >= 0.6 is 46.4 Å². The molecule has 38 heavy (non-hydrogen) atoms. The summed E-state index contributed by atoms with van der Waals surface area (Å²) in [6.07, 6.45) is 0. The van der Waals surface area contributed by atoms with Crippen molar-refractivity contribution in [1.82, 2.24) is 0 Å². The van der Waals surface area contributed by atoms with Crippen LogP contribution in [0, 0.1) is 0 Å². The number of nitrogens with zero attached hydrogens (tertiary/aromatic N) is 2. The molecule has 3 rings (SSSR count). The van der Waals surface area contributed by atoms with Gasteiger partial charge in [0.25, 0.3) is 0 Å². The molecule has 0 radical (unpaired) electrons. The van der Waals surface area contributed by atoms with Gasteiger partial charge in [-0.15, -0.1) is 0 Å². The summed E-state index contributed by atoms with van der Waals surface area (Å²) in [5.41, 5.74) is 12.4. The van der Waals surface area contributed by atoms with Gasteiger partial charge in [0.05, 0.1) is 34.3 Å². The van der Waals surface area contributed by atoms with E-state index in [1.54, 1.807) is 0 Å². The van der Waals surface area contributed by atoms with Crippen molar-refractivity contribution in [2.24, 2.45) is 21.8 Å². The molecule has 0 aliphatic rings. The van der Waals surface area contributed by atoms with Crippen LogP contribution in [0.2, 0.25) is 20.1 Å². The zero-order chi connectivity index (χ0) is 28.0. The Morgan fingerprint density at radius 3 is 1.24 bits per heavy atom. The Morgan fingerprint density at radius 1 is 0.605 bits per heavy atom. The molecule has 0 unspecified atom stereocenters. The molecule has 0 heterocycles. The third-order valence-corrected chi connectivity index (χ3v) is 6.09. The first-order valence-corrected chi connectivity index (χ1v) is 11.8. The lowest BCUT2D eigenvalue weighted by atomic mass is 10.1. The predicted molar refractivity (Wildman–Crippen MR) is 145 cm³/mol. The number of carbonyl (C=O) groups excluding carboxylic acids is 2. The molecule has 0 aliphatic carbocycles. The quantitative estimate of drug-likeness (QED) is 0.154. The highest BCUT2D eigenvalue weighted by molar-refractivity contribution is 6.37. The topological polar surface area (TPSA) is 148 Å². The summed E-state index contributed by atoms with van der Waals surface area (Å²) in [5, 5.41) is 7.71. The fourth-order valence-corrected chi connectivity index (χ4v) is 3.96. The first-order valence-electron chi connectivity index (χ1n) is 10.3. The Kier molecular flexibility index (Phi) is 9.65. The molecule has 14 heteroatoms. The minimum Gasteiger partial charge on any atom is -0.494 e. The maximum atomic E-state index is 12.5. The molecule has 4 N–H and O–H groups in total. The monoisotopic (exact) mass is 598 g/mol. The number of amidine groups is 2. The van der Waals surface area contributed by atoms with Crippen molar-refractivity contribution in [3.05, 3.63) is 90.9 Å². The van der Waals surface area contributed by atoms with Gasteiger partial charge in [-0.1, -0.05) is 81.0 Å². The Morgan fingerprint density at radius 2 is 0.921 bits per heavy atom. The normalized spacial score (nSPS) is 11.6. The number of oxime groups is 2. The van der Waals surface area contributed by atoms with Crippen LogP contribution in [0.5, 0.6) is 11.5 Å². The number of hydrogen-bond donors (Lipinski definition) is 2. The molecule has 0 fully saturated rings. The number of nitrogens with two attached hydrogens (primary N) is 2. The highest BCUT2D eigenvalue weighted by Gasteiger charge is 2.23. The van der Waals surface area contributed by atoms with E-state index in [1.807, 2.05) is 0 Å². The lowest BCUT2D eigenvalue weighted by Crippen LogP contribution is -2.18. The molecule has 0 atom stereocenters. The lowest BCUT2D eigenvalue weighted by Gasteiger charge is -2.10. The second-order valence-electron chi connectivity index (χ2n) is 7.16. The maximum absolute atomic E-state index is 12.5. The van der Waals surface area contributed by atoms with Crippen molar-refractivity contribution in [2.75, 3.05) is 14.2 Å². The third-order valence-electron chi connectivity index (χ3n) is 4.86. The zero-order valence-electron chi connectivity index (χ0n) is 19.6. The van der Waals surface area contributed by atoms with E-state index in [1.165, 1.54) is 62.8 Å². The molecule has 3 aromatic rings. The van der Waals surface area contributed by atoms with E-state index >= 15 is 0 Å². The van der Waals surface area contributed by atoms with Crippen molar-refractivity contribution in [3.63, 3.8) is 0 Å². The minimum absolute atomic E-state index is 0.0360. The van der Waals surface area contributed by atoms with Crippen LogP contribution in [-0.4, -0.2) is 37.8 Å². The summed E-state index contributed by atoms with van der Waals surface area (Å²) >= 11 is 24.2. The number of methoxy groups -OCH3 is 2. The summed E-state index contributed by atoms with van der Waals surface area (Å²) in [7, 11) is 2.65. The van der Waals surface area contributed by atoms with E-state index in [2.05, 4.69) is 10.3 Å². The molecular weight excluding hydrogens is 582 g/mol. The smallest absolute Gasteiger partial charge is 0.371 e. The van der Waals surface area contributed by atoms with Gasteiger partial charge in [-0.3, -0.25) is 0 Å². The Bertz CT molecular complexity index is 1340. The number of halogens is 4. The highest BCUT2D eigenvalue weighted by Crippen LogP contribution is 2.35. The third kappa shape index (κ3) is 6.40. The molecule has 10 nitrogen and oxygen atoms in total. The van der Waals surface area contributed by atoms with Crippen LogP contribution in [-0.2, 0) is 9.68 Å². The summed E-state index contributed by atoms with van der Waals surface area (Å²) in [4.78, 5) is 34.8. The van der Waals surface area contributed by atoms with E-state index in [0.29, 0.717) is 11.1 Å². The fraction of sp³-hybridized carbons (Fsp3) is 0.0833. The van der Waals surface area contributed by atoms with Gasteiger partial charge in [0, 0.05) is 11.1 Å². The van der Waals surface area contributed by atoms with Crippen molar-refractivity contribution in [3.8, 4) is 11.5 Å². The second kappa shape index (κ2) is 12.7. The van der Waals surface area contributed by atoms with Crippen LogP contribution in [0.3, 0.4) is 0 Å². The van der Waals surface area contributed by atoms with Crippen LogP contribution < -0.4 is 20.9 Å². The van der Waals surface area contributed by atoms with Gasteiger partial charge >= 0.3 is 11.9 Å². The zero-order valence-corrected chi connectivity index (χ0v) is 22.7. The lowest BCUT2D eigenvalue weighted by molar-refractivity contribution is 0.0503. The minimum atomic E-state index is -0.927. The molecule has 0 amide bonds. The van der Waals surface area contributed by atoms with Gasteiger partial charge in [0.15, 0.2) is 23.2 Å². The molecule has 198 valence electrons. The number of ether oxygens (including phenoxy) is 2. The first-order chi connectivity index (χ1) is 18.1. The molecule has 0 spiro atoms. The molecule has 0 bridgehead atoms. The molecule has 0 saturated carbocycles. The molecule has 0 saturated heterocycles. The predicted octanol–water partition coefficient (Wildman–Crippen LogP) is 5.27. The summed E-state index contributed by atoms with van der Waals surface area (Å²) in [6.45, 7) is 0. The number of benzene rings is 3. The van der Waals surface area contributed by atoms with Gasteiger partial charge in [-0.2, -0.15) is 0 Å². The van der Waals surface area contributed by atoms with Crippen molar-refractivity contribution in [2.45, 2.75) is 0 Å². The van der Waals surface area contributed by atoms with Crippen LogP contribution in [0.4, 0.5) is 0 Å². The van der Waals surface area contributed by atoms with E-state index in [0.717, 1.165) is 0 Å². The fourth-order valence-electron chi connectivity index (χ4n) is 3.04. The van der Waals surface area contributed by atoms with E-state index < -0.39 is 11.9 Å². The van der Waals surface area contributed by atoms with E-state index in [-0.39, 0.29) is 54.4 Å². The van der Waals surface area contributed by atoms with Crippen molar-refractivity contribution < 1.29 is 28.7 Å². The average molecular weight is 600 g/mol. The van der Waals surface area contributed by atoms with Gasteiger partial charge in [0.2, 0.25) is 0 Å². The maximum Gasteiger partial charge on any atom is 0.371 e. The first kappa shape index (κ1) is 28.9. The molecule has 3 aromatic carbocycles. The van der Waals surface area contributed by atoms with Crippen molar-refractivity contribution in [1.29, 1.82) is 0 Å². The number of rotatable bonds is 8. The van der Waals surface area contributed by atoms with Gasteiger partial charge in [0.1, 0.15) is 11.1 Å². The van der Waals surface area contributed by atoms with E-state index in [9.17, 15) is 9.59 Å². The Balaban J connectivity index is 1.72. The van der Waals surface area contributed by atoms with Crippen LogP contribution in [0.1, 0.15) is 31.8 Å². The van der Waals surface area contributed by atoms with Crippen LogP contribution in [0.25, 0.3) is 0 Å². The molecule has 0 aliphatic heterocycles. The number of carbonyl (C=O) groups is 2. The van der Waals surface area contributed by atoms with E-state index in [4.69, 9.17) is 77.0 Å². The average Bonchev–Trinajstić information content (AvgIpc) is 2.92. The highest BCUT2D eigenvalue weighted by atomic mass is 35.5. The van der Waals surface area contributed by atoms with Crippen molar-refractivity contribution >= 4 is 70.0 Å². The summed E-state index contributed by atoms with van der Waals surface area (Å²) in [6, 6.07) is 11.9. The second-order valence-corrected chi connectivity index (χ2v) is 8.79. The summed E-state index contributed by atoms with van der Waals surface area (Å²) < 4.78 is 10.2. The Hall–Kier alpha value is -3.70. The SMILES string of the molecule is COc1c(Cl)ccc(Cl)c1C(=O)O/N=C(\N)c1ccc(/C(N)=N/OC(=O)c2c(Cl)ccc(Cl)c2OC)cc1. The molecule has 0 aromatic heterocycles. The van der Waals surface area contributed by atoms with Crippen LogP contribution in [0.15, 0.2) is 58.8 Å². The molecular formula is C24H18Cl4N4O6. The largest absolute Gasteiger partial charge is 0.494 e.